The molecule has 0 saturated heterocycles. The van der Waals surface area contributed by atoms with Gasteiger partial charge in [0.15, 0.2) is 0 Å². The van der Waals surface area contributed by atoms with Crippen molar-refractivity contribution in [3.63, 3.8) is 0 Å². The maximum Gasteiger partial charge on any atom is 0.241 e. The minimum Gasteiger partial charge on any atom is -0.308 e. The monoisotopic (exact) mass is 274 g/mol. The molecule has 1 aliphatic carbocycles. The van der Waals surface area contributed by atoms with E-state index in [1.54, 1.807) is 0 Å². The van der Waals surface area contributed by atoms with Crippen LogP contribution in [-0.2, 0) is 4.79 Å². The van der Waals surface area contributed by atoms with Gasteiger partial charge < -0.3 is 9.80 Å². The number of amides is 1. The maximum atomic E-state index is 12.6. The minimum atomic E-state index is 0.209. The molecular weight excluding hydrogens is 248 g/mol. The molecule has 1 amide bonds. The van der Waals surface area contributed by atoms with E-state index in [1.165, 1.54) is 12.8 Å². The number of likely N-dealkylation sites (N-methyl/N-ethyl adjacent to an activating group) is 1. The summed E-state index contributed by atoms with van der Waals surface area (Å²) < 4.78 is 0. The van der Waals surface area contributed by atoms with Gasteiger partial charge in [-0.15, -0.1) is 0 Å². The second-order valence-corrected chi connectivity index (χ2v) is 6.25. The summed E-state index contributed by atoms with van der Waals surface area (Å²) in [5, 5.41) is 0. The van der Waals surface area contributed by atoms with Crippen molar-refractivity contribution in [2.24, 2.45) is 5.92 Å². The number of nitrogens with zero attached hydrogens (tertiary/aromatic N) is 2. The van der Waals surface area contributed by atoms with Gasteiger partial charge in [-0.2, -0.15) is 0 Å². The molecule has 1 aromatic carbocycles. The van der Waals surface area contributed by atoms with Gasteiger partial charge in [-0.05, 0) is 57.8 Å². The molecular formula is C17H26N2O. The van der Waals surface area contributed by atoms with Gasteiger partial charge in [-0.1, -0.05) is 25.1 Å². The Balaban J connectivity index is 2.18. The number of carbonyl (C=O) groups excluding carboxylic acids is 1. The fourth-order valence-corrected chi connectivity index (χ4v) is 2.99. The third kappa shape index (κ3) is 3.83. The van der Waals surface area contributed by atoms with Crippen LogP contribution < -0.4 is 4.90 Å². The molecule has 110 valence electrons. The van der Waals surface area contributed by atoms with Crippen LogP contribution in [0.3, 0.4) is 0 Å². The van der Waals surface area contributed by atoms with Crippen molar-refractivity contribution in [1.29, 1.82) is 0 Å². The molecule has 1 aromatic rings. The molecule has 0 heterocycles. The normalized spacial score (nSPS) is 22.8. The molecule has 0 spiro atoms. The number of carbonyl (C=O) groups is 1. The number of hydrogen-bond donors (Lipinski definition) is 0. The van der Waals surface area contributed by atoms with Crippen LogP contribution >= 0.6 is 0 Å². The number of hydrogen-bond acceptors (Lipinski definition) is 2. The van der Waals surface area contributed by atoms with E-state index in [-0.39, 0.29) is 5.91 Å². The molecule has 20 heavy (non-hydrogen) atoms. The van der Waals surface area contributed by atoms with Crippen LogP contribution in [0.2, 0.25) is 0 Å². The highest BCUT2D eigenvalue weighted by atomic mass is 16.2. The van der Waals surface area contributed by atoms with Gasteiger partial charge >= 0.3 is 0 Å². The lowest BCUT2D eigenvalue weighted by atomic mass is 9.86. The zero-order valence-corrected chi connectivity index (χ0v) is 12.9. The molecule has 2 rings (SSSR count). The second kappa shape index (κ2) is 6.89. The molecule has 0 aromatic heterocycles. The van der Waals surface area contributed by atoms with Crippen LogP contribution in [-0.4, -0.2) is 37.5 Å². The van der Waals surface area contributed by atoms with E-state index >= 15 is 0 Å². The highest BCUT2D eigenvalue weighted by Crippen LogP contribution is 2.30. The maximum absolute atomic E-state index is 12.6. The van der Waals surface area contributed by atoms with Crippen LogP contribution in [0.15, 0.2) is 30.3 Å². The van der Waals surface area contributed by atoms with Crippen LogP contribution in [0.25, 0.3) is 0 Å². The van der Waals surface area contributed by atoms with Crippen LogP contribution in [0, 0.1) is 5.92 Å². The van der Waals surface area contributed by atoms with E-state index in [4.69, 9.17) is 0 Å². The zero-order chi connectivity index (χ0) is 14.5. The van der Waals surface area contributed by atoms with E-state index in [1.807, 2.05) is 54.2 Å². The fourth-order valence-electron chi connectivity index (χ4n) is 2.99. The summed E-state index contributed by atoms with van der Waals surface area (Å²) in [6.07, 6.45) is 4.69. The van der Waals surface area contributed by atoms with Gasteiger partial charge in [0.25, 0.3) is 0 Å². The van der Waals surface area contributed by atoms with E-state index in [0.717, 1.165) is 24.4 Å². The average molecular weight is 274 g/mol. The Kier molecular flexibility index (Phi) is 5.18. The lowest BCUT2D eigenvalue weighted by Gasteiger charge is -2.36. The Bertz CT molecular complexity index is 422. The smallest absolute Gasteiger partial charge is 0.241 e. The fraction of sp³-hybridized carbons (Fsp3) is 0.588. The molecule has 0 radical (unpaired) electrons. The predicted octanol–water partition coefficient (Wildman–Crippen LogP) is 3.16. The van der Waals surface area contributed by atoms with Crippen molar-refractivity contribution < 1.29 is 4.79 Å². The topological polar surface area (TPSA) is 23.6 Å². The molecule has 1 fully saturated rings. The molecule has 0 N–H and O–H groups in total. The summed E-state index contributed by atoms with van der Waals surface area (Å²) in [5.74, 6) is 1.01. The summed E-state index contributed by atoms with van der Waals surface area (Å²) >= 11 is 0. The second-order valence-electron chi connectivity index (χ2n) is 6.25. The van der Waals surface area contributed by atoms with Gasteiger partial charge in [-0.25, -0.2) is 0 Å². The standard InChI is InChI=1S/C17H26N2O/c1-14-9-11-16(12-10-14)19(17(20)13-18(2)3)15-7-5-4-6-8-15/h4-8,14,16H,9-13H2,1-3H3. The summed E-state index contributed by atoms with van der Waals surface area (Å²) in [5.41, 5.74) is 1.04. The Morgan fingerprint density at radius 3 is 2.25 bits per heavy atom. The van der Waals surface area contributed by atoms with Crippen molar-refractivity contribution in [2.45, 2.75) is 38.6 Å². The largest absolute Gasteiger partial charge is 0.308 e. The van der Waals surface area contributed by atoms with Crippen LogP contribution in [0.4, 0.5) is 5.69 Å². The Morgan fingerprint density at radius 1 is 1.10 bits per heavy atom. The van der Waals surface area contributed by atoms with Crippen LogP contribution in [0.1, 0.15) is 32.6 Å². The quantitative estimate of drug-likeness (QED) is 0.842. The van der Waals surface area contributed by atoms with E-state index < -0.39 is 0 Å². The molecule has 0 atom stereocenters. The van der Waals surface area contributed by atoms with Gasteiger partial charge in [0.05, 0.1) is 6.54 Å². The summed E-state index contributed by atoms with van der Waals surface area (Å²) in [7, 11) is 3.90. The first-order valence-corrected chi connectivity index (χ1v) is 7.59. The molecule has 1 aliphatic rings. The van der Waals surface area contributed by atoms with E-state index in [9.17, 15) is 4.79 Å². The van der Waals surface area contributed by atoms with Crippen molar-refractivity contribution in [3.05, 3.63) is 30.3 Å². The average Bonchev–Trinajstić information content (AvgIpc) is 2.42. The summed E-state index contributed by atoms with van der Waals surface area (Å²) in [6, 6.07) is 10.5. The molecule has 1 saturated carbocycles. The van der Waals surface area contributed by atoms with Crippen molar-refractivity contribution in [1.82, 2.24) is 4.90 Å². The molecule has 3 heteroatoms. The molecule has 3 nitrogen and oxygen atoms in total. The first-order chi connectivity index (χ1) is 9.58. The number of benzene rings is 1. The summed E-state index contributed by atoms with van der Waals surface area (Å²) in [4.78, 5) is 16.6. The highest BCUT2D eigenvalue weighted by molar-refractivity contribution is 5.95. The van der Waals surface area contributed by atoms with E-state index in [0.29, 0.717) is 12.6 Å². The lowest BCUT2D eigenvalue weighted by molar-refractivity contribution is -0.119. The van der Waals surface area contributed by atoms with E-state index in [2.05, 4.69) is 6.92 Å². The summed E-state index contributed by atoms with van der Waals surface area (Å²) in [6.45, 7) is 2.78. The Morgan fingerprint density at radius 2 is 1.70 bits per heavy atom. The third-order valence-electron chi connectivity index (χ3n) is 4.11. The SMILES string of the molecule is CC1CCC(N(C(=O)CN(C)C)c2ccccc2)CC1. The number of para-hydroxylation sites is 1. The first-order valence-electron chi connectivity index (χ1n) is 7.59. The Labute approximate surface area is 122 Å². The van der Waals surface area contributed by atoms with Gasteiger partial charge in [0.1, 0.15) is 0 Å². The Hall–Kier alpha value is -1.35. The number of anilines is 1. The predicted molar refractivity (Wildman–Crippen MR) is 83.9 cm³/mol. The first kappa shape index (κ1) is 15.0. The molecule has 0 aliphatic heterocycles. The lowest BCUT2D eigenvalue weighted by Crippen LogP contribution is -2.46. The van der Waals surface area contributed by atoms with Crippen molar-refractivity contribution in [2.75, 3.05) is 25.5 Å². The van der Waals surface area contributed by atoms with Crippen LogP contribution in [0.5, 0.6) is 0 Å². The molecule has 0 unspecified atom stereocenters. The van der Waals surface area contributed by atoms with Gasteiger partial charge in [-0.3, -0.25) is 4.79 Å². The van der Waals surface area contributed by atoms with Gasteiger partial charge in [0.2, 0.25) is 5.91 Å². The van der Waals surface area contributed by atoms with Crippen molar-refractivity contribution >= 4 is 11.6 Å². The minimum absolute atomic E-state index is 0.209. The highest BCUT2D eigenvalue weighted by Gasteiger charge is 2.28. The number of rotatable bonds is 4. The third-order valence-corrected chi connectivity index (χ3v) is 4.11. The van der Waals surface area contributed by atoms with Gasteiger partial charge in [0, 0.05) is 11.7 Å². The molecule has 0 bridgehead atoms. The zero-order valence-electron chi connectivity index (χ0n) is 12.9. The van der Waals surface area contributed by atoms with Crippen molar-refractivity contribution in [3.8, 4) is 0 Å².